The van der Waals surface area contributed by atoms with E-state index < -0.39 is 7.12 Å². The monoisotopic (exact) mass is 265 g/mol. The molecule has 1 fully saturated rings. The molecule has 19 heavy (non-hydrogen) atoms. The summed E-state index contributed by atoms with van der Waals surface area (Å²) in [5.41, 5.74) is 0.0462. The Bertz CT molecular complexity index is 420. The Morgan fingerprint density at radius 3 is 2.16 bits per heavy atom. The van der Waals surface area contributed by atoms with Crippen LogP contribution in [-0.4, -0.2) is 46.5 Å². The van der Waals surface area contributed by atoms with Crippen LogP contribution in [-0.2, 0) is 9.31 Å². The van der Waals surface area contributed by atoms with E-state index in [1.54, 1.807) is 12.4 Å². The summed E-state index contributed by atoms with van der Waals surface area (Å²) in [7, 11) is -0.447. The van der Waals surface area contributed by atoms with Crippen LogP contribution in [0.4, 0.5) is 5.95 Å². The summed E-state index contributed by atoms with van der Waals surface area (Å²) in [6.07, 6.45) is 3.35. The number of rotatable bonds is 4. The van der Waals surface area contributed by atoms with E-state index in [-0.39, 0.29) is 17.8 Å². The first-order chi connectivity index (χ1) is 8.86. The lowest BCUT2D eigenvalue weighted by Gasteiger charge is -2.32. The predicted molar refractivity (Wildman–Crippen MR) is 73.3 cm³/mol. The van der Waals surface area contributed by atoms with Crippen molar-refractivity contribution in [2.45, 2.75) is 38.9 Å². The summed E-state index contributed by atoms with van der Waals surface area (Å²) in [6, 6.07) is 0. The molecular weight excluding hydrogens is 245 g/mol. The molecular formula is C12H20BN3O3. The third kappa shape index (κ3) is 2.88. The van der Waals surface area contributed by atoms with Crippen molar-refractivity contribution in [2.75, 3.05) is 18.5 Å². The number of hydrogen-bond acceptors (Lipinski definition) is 6. The molecule has 0 bridgehead atoms. The Balaban J connectivity index is 2.08. The van der Waals surface area contributed by atoms with Gasteiger partial charge in [0.1, 0.15) is 0 Å². The first-order valence-electron chi connectivity index (χ1n) is 6.38. The lowest BCUT2D eigenvalue weighted by molar-refractivity contribution is 0.00578. The van der Waals surface area contributed by atoms with E-state index in [9.17, 15) is 0 Å². The molecule has 0 unspecified atom stereocenters. The van der Waals surface area contributed by atoms with Gasteiger partial charge in [-0.3, -0.25) is 0 Å². The Hall–Kier alpha value is -1.18. The number of nitrogens with one attached hydrogen (secondary N) is 1. The molecule has 104 valence electrons. The van der Waals surface area contributed by atoms with E-state index in [4.69, 9.17) is 14.4 Å². The number of nitrogens with zero attached hydrogens (tertiary/aromatic N) is 2. The van der Waals surface area contributed by atoms with Gasteiger partial charge in [0, 0.05) is 24.4 Å². The average molecular weight is 265 g/mol. The minimum atomic E-state index is -0.447. The molecule has 0 spiro atoms. The van der Waals surface area contributed by atoms with Crippen molar-refractivity contribution >= 4 is 18.5 Å². The first kappa shape index (κ1) is 14.2. The van der Waals surface area contributed by atoms with Gasteiger partial charge in [-0.1, -0.05) is 0 Å². The molecule has 0 amide bonds. The molecule has 1 aliphatic rings. The maximum atomic E-state index is 8.71. The van der Waals surface area contributed by atoms with Crippen LogP contribution in [0.3, 0.4) is 0 Å². The van der Waals surface area contributed by atoms with Crippen molar-refractivity contribution in [3.8, 4) is 0 Å². The predicted octanol–water partition coefficient (Wildman–Crippen LogP) is 0.180. The molecule has 1 aromatic heterocycles. The lowest BCUT2D eigenvalue weighted by Crippen LogP contribution is -2.41. The van der Waals surface area contributed by atoms with Crippen molar-refractivity contribution < 1.29 is 14.4 Å². The van der Waals surface area contributed by atoms with Gasteiger partial charge in [-0.15, -0.1) is 0 Å². The van der Waals surface area contributed by atoms with Crippen LogP contribution in [0.15, 0.2) is 12.4 Å². The normalized spacial score (nSPS) is 20.6. The van der Waals surface area contributed by atoms with Crippen molar-refractivity contribution in [2.24, 2.45) is 0 Å². The zero-order valence-corrected chi connectivity index (χ0v) is 11.8. The minimum absolute atomic E-state index is 0.0440. The topological polar surface area (TPSA) is 76.5 Å². The molecule has 0 aliphatic carbocycles. The molecule has 0 atom stereocenters. The van der Waals surface area contributed by atoms with E-state index in [0.717, 1.165) is 5.46 Å². The molecule has 6 nitrogen and oxygen atoms in total. The first-order valence-corrected chi connectivity index (χ1v) is 6.38. The van der Waals surface area contributed by atoms with Crippen LogP contribution in [0.2, 0.25) is 0 Å². The van der Waals surface area contributed by atoms with Crippen LogP contribution in [0.1, 0.15) is 27.7 Å². The number of aliphatic hydroxyl groups is 1. The molecule has 0 aromatic carbocycles. The molecule has 1 aliphatic heterocycles. The SMILES string of the molecule is CC1(C)OB(c2cnc(NCCO)nc2)OC1(C)C. The van der Waals surface area contributed by atoms with E-state index in [1.807, 2.05) is 27.7 Å². The van der Waals surface area contributed by atoms with Crippen LogP contribution in [0.25, 0.3) is 0 Å². The van der Waals surface area contributed by atoms with Crippen molar-refractivity contribution in [3.63, 3.8) is 0 Å². The molecule has 7 heteroatoms. The Kier molecular flexibility index (Phi) is 3.80. The van der Waals surface area contributed by atoms with E-state index >= 15 is 0 Å². The minimum Gasteiger partial charge on any atom is -0.399 e. The summed E-state index contributed by atoms with van der Waals surface area (Å²) < 4.78 is 11.8. The Morgan fingerprint density at radius 2 is 1.68 bits per heavy atom. The fourth-order valence-electron chi connectivity index (χ4n) is 1.70. The van der Waals surface area contributed by atoms with Crippen LogP contribution in [0, 0.1) is 0 Å². The summed E-state index contributed by atoms with van der Waals surface area (Å²) in [5, 5.41) is 11.6. The van der Waals surface area contributed by atoms with Gasteiger partial charge in [-0.25, -0.2) is 9.97 Å². The molecule has 0 radical (unpaired) electrons. The fraction of sp³-hybridized carbons (Fsp3) is 0.667. The average Bonchev–Trinajstić information content (AvgIpc) is 2.56. The lowest BCUT2D eigenvalue weighted by atomic mass is 9.81. The highest BCUT2D eigenvalue weighted by molar-refractivity contribution is 6.61. The highest BCUT2D eigenvalue weighted by Crippen LogP contribution is 2.36. The number of hydrogen-bond donors (Lipinski definition) is 2. The zero-order chi connectivity index (χ0) is 14.1. The van der Waals surface area contributed by atoms with Gasteiger partial charge in [0.2, 0.25) is 5.95 Å². The quantitative estimate of drug-likeness (QED) is 0.756. The Morgan fingerprint density at radius 1 is 1.16 bits per heavy atom. The van der Waals surface area contributed by atoms with E-state index in [2.05, 4.69) is 15.3 Å². The third-order valence-corrected chi connectivity index (χ3v) is 3.59. The van der Waals surface area contributed by atoms with Gasteiger partial charge in [0.15, 0.2) is 0 Å². The van der Waals surface area contributed by atoms with E-state index in [0.29, 0.717) is 12.5 Å². The number of aromatic nitrogens is 2. The fourth-order valence-corrected chi connectivity index (χ4v) is 1.70. The van der Waals surface area contributed by atoms with Crippen molar-refractivity contribution in [1.29, 1.82) is 0 Å². The van der Waals surface area contributed by atoms with E-state index in [1.165, 1.54) is 0 Å². The maximum absolute atomic E-state index is 8.71. The molecule has 2 heterocycles. The van der Waals surface area contributed by atoms with Gasteiger partial charge in [0.25, 0.3) is 0 Å². The van der Waals surface area contributed by atoms with Gasteiger partial charge < -0.3 is 19.7 Å². The van der Waals surface area contributed by atoms with Crippen LogP contribution >= 0.6 is 0 Å². The van der Waals surface area contributed by atoms with Gasteiger partial charge in [-0.2, -0.15) is 0 Å². The zero-order valence-electron chi connectivity index (χ0n) is 11.8. The summed E-state index contributed by atoms with van der Waals surface area (Å²) in [4.78, 5) is 8.33. The van der Waals surface area contributed by atoms with Crippen molar-refractivity contribution in [3.05, 3.63) is 12.4 Å². The van der Waals surface area contributed by atoms with Gasteiger partial charge >= 0.3 is 7.12 Å². The second kappa shape index (κ2) is 5.07. The van der Waals surface area contributed by atoms with Gasteiger partial charge in [-0.05, 0) is 27.7 Å². The van der Waals surface area contributed by atoms with Crippen LogP contribution < -0.4 is 10.8 Å². The third-order valence-electron chi connectivity index (χ3n) is 3.59. The number of aliphatic hydroxyl groups excluding tert-OH is 1. The van der Waals surface area contributed by atoms with Crippen molar-refractivity contribution in [1.82, 2.24) is 9.97 Å². The Labute approximate surface area is 113 Å². The standard InChI is InChI=1S/C12H20BN3O3/c1-11(2)12(3,4)19-13(18-11)9-7-15-10(16-8-9)14-5-6-17/h7-8,17H,5-6H2,1-4H3,(H,14,15,16). The molecule has 1 saturated heterocycles. The molecule has 2 rings (SSSR count). The molecule has 1 aromatic rings. The summed E-state index contributed by atoms with van der Waals surface area (Å²) in [5.74, 6) is 0.481. The highest BCUT2D eigenvalue weighted by Gasteiger charge is 2.51. The highest BCUT2D eigenvalue weighted by atomic mass is 16.7. The second-order valence-corrected chi connectivity index (χ2v) is 5.58. The molecule has 0 saturated carbocycles. The van der Waals surface area contributed by atoms with Gasteiger partial charge in [0.05, 0.1) is 17.8 Å². The largest absolute Gasteiger partial charge is 0.498 e. The summed E-state index contributed by atoms with van der Waals surface area (Å²) >= 11 is 0. The molecule has 2 N–H and O–H groups in total. The maximum Gasteiger partial charge on any atom is 0.498 e. The number of anilines is 1. The second-order valence-electron chi connectivity index (χ2n) is 5.58. The summed E-state index contributed by atoms with van der Waals surface area (Å²) in [6.45, 7) is 8.49. The smallest absolute Gasteiger partial charge is 0.399 e. The van der Waals surface area contributed by atoms with Crippen LogP contribution in [0.5, 0.6) is 0 Å².